The summed E-state index contributed by atoms with van der Waals surface area (Å²) in [5.74, 6) is 0.480. The Labute approximate surface area is 176 Å². The highest BCUT2D eigenvalue weighted by Gasteiger charge is 2.33. The minimum Gasteiger partial charge on any atom is -0.352 e. The number of hydrogen-bond donors (Lipinski definition) is 2. The molecule has 0 aliphatic heterocycles. The molecule has 3 rings (SSSR count). The molecule has 2 heterocycles. The smallest absolute Gasteiger partial charge is 0.352 e. The van der Waals surface area contributed by atoms with E-state index in [9.17, 15) is 13.2 Å². The van der Waals surface area contributed by atoms with Gasteiger partial charge in [0, 0.05) is 30.2 Å². The number of nitrogens with one attached hydrogen (secondary N) is 2. The Kier molecular flexibility index (Phi) is 6.76. The van der Waals surface area contributed by atoms with Crippen LogP contribution in [0.4, 0.5) is 13.2 Å². The lowest BCUT2D eigenvalue weighted by Gasteiger charge is -2.11. The van der Waals surface area contributed by atoms with Crippen molar-refractivity contribution in [3.05, 3.63) is 68.9 Å². The molecule has 6 nitrogen and oxygen atoms in total. The molecule has 30 heavy (non-hydrogen) atoms. The molecule has 0 aliphatic rings. The molecule has 0 unspecified atom stereocenters. The van der Waals surface area contributed by atoms with E-state index in [-0.39, 0.29) is 6.54 Å². The molecular formula is C20H23F3N6S. The van der Waals surface area contributed by atoms with Gasteiger partial charge in [0.05, 0.1) is 18.8 Å². The molecule has 10 heteroatoms. The molecule has 2 N–H and O–H groups in total. The molecule has 0 atom stereocenters. The van der Waals surface area contributed by atoms with Crippen molar-refractivity contribution in [2.75, 3.05) is 7.05 Å². The van der Waals surface area contributed by atoms with E-state index in [2.05, 4.69) is 37.8 Å². The molecule has 2 aromatic heterocycles. The van der Waals surface area contributed by atoms with Crippen LogP contribution in [0.1, 0.15) is 33.2 Å². The third-order valence-corrected chi connectivity index (χ3v) is 5.46. The summed E-state index contributed by atoms with van der Waals surface area (Å²) in [6.07, 6.45) is -4.43. The second kappa shape index (κ2) is 9.29. The van der Waals surface area contributed by atoms with E-state index in [4.69, 9.17) is 0 Å². The van der Waals surface area contributed by atoms with Gasteiger partial charge in [-0.15, -0.1) is 11.3 Å². The monoisotopic (exact) mass is 436 g/mol. The van der Waals surface area contributed by atoms with Gasteiger partial charge in [-0.25, -0.2) is 4.98 Å². The fourth-order valence-electron chi connectivity index (χ4n) is 2.97. The van der Waals surface area contributed by atoms with Crippen molar-refractivity contribution in [1.29, 1.82) is 0 Å². The first-order valence-corrected chi connectivity index (χ1v) is 10.2. The molecule has 0 bridgehead atoms. The number of alkyl halides is 3. The van der Waals surface area contributed by atoms with Crippen LogP contribution in [0.2, 0.25) is 0 Å². The number of halogens is 3. The third-order valence-electron chi connectivity index (χ3n) is 4.61. The molecule has 0 fully saturated rings. The Morgan fingerprint density at radius 3 is 2.47 bits per heavy atom. The third kappa shape index (κ3) is 5.38. The summed E-state index contributed by atoms with van der Waals surface area (Å²) in [6, 6.07) is 10.1. The predicted molar refractivity (Wildman–Crippen MR) is 111 cm³/mol. The average Bonchev–Trinajstić information content (AvgIpc) is 3.29. The summed E-state index contributed by atoms with van der Waals surface area (Å²) in [6.45, 7) is 5.32. The van der Waals surface area contributed by atoms with Gasteiger partial charge in [-0.3, -0.25) is 9.67 Å². The van der Waals surface area contributed by atoms with Crippen LogP contribution in [0.3, 0.4) is 0 Å². The van der Waals surface area contributed by atoms with E-state index in [0.717, 1.165) is 33.7 Å². The van der Waals surface area contributed by atoms with Gasteiger partial charge in [-0.2, -0.15) is 18.3 Å². The molecule has 0 saturated carbocycles. The molecule has 0 spiro atoms. The van der Waals surface area contributed by atoms with Crippen molar-refractivity contribution in [3.63, 3.8) is 0 Å². The Bertz CT molecular complexity index is 1010. The molecule has 1 aromatic carbocycles. The van der Waals surface area contributed by atoms with E-state index in [1.165, 1.54) is 5.56 Å². The molecular weight excluding hydrogens is 413 g/mol. The van der Waals surface area contributed by atoms with Crippen molar-refractivity contribution in [2.24, 2.45) is 4.99 Å². The zero-order valence-electron chi connectivity index (χ0n) is 16.9. The van der Waals surface area contributed by atoms with Crippen LogP contribution < -0.4 is 10.6 Å². The number of aromatic nitrogens is 3. The molecule has 3 aromatic rings. The van der Waals surface area contributed by atoms with Gasteiger partial charge < -0.3 is 10.6 Å². The summed E-state index contributed by atoms with van der Waals surface area (Å²) >= 11 is 0.963. The number of hydrogen-bond acceptors (Lipinski definition) is 4. The maximum Gasteiger partial charge on any atom is 0.434 e. The van der Waals surface area contributed by atoms with Crippen molar-refractivity contribution >= 4 is 17.3 Å². The summed E-state index contributed by atoms with van der Waals surface area (Å²) in [5.41, 5.74) is 3.32. The van der Waals surface area contributed by atoms with E-state index in [0.29, 0.717) is 24.1 Å². The maximum atomic E-state index is 12.7. The molecule has 0 radical (unpaired) electrons. The first kappa shape index (κ1) is 21.8. The van der Waals surface area contributed by atoms with Crippen molar-refractivity contribution in [2.45, 2.75) is 39.7 Å². The van der Waals surface area contributed by atoms with Crippen LogP contribution in [-0.4, -0.2) is 27.8 Å². The van der Waals surface area contributed by atoms with Crippen molar-refractivity contribution in [3.8, 4) is 0 Å². The van der Waals surface area contributed by atoms with Crippen LogP contribution in [0.15, 0.2) is 40.7 Å². The van der Waals surface area contributed by atoms with Crippen LogP contribution in [0, 0.1) is 13.8 Å². The number of rotatable bonds is 6. The van der Waals surface area contributed by atoms with Crippen molar-refractivity contribution in [1.82, 2.24) is 25.4 Å². The maximum absolute atomic E-state index is 12.7. The number of guanidine groups is 1. The Hall–Kier alpha value is -2.88. The van der Waals surface area contributed by atoms with Gasteiger partial charge in [0.25, 0.3) is 0 Å². The predicted octanol–water partition coefficient (Wildman–Crippen LogP) is 3.89. The second-order valence-corrected chi connectivity index (χ2v) is 7.64. The van der Waals surface area contributed by atoms with E-state index < -0.39 is 11.9 Å². The van der Waals surface area contributed by atoms with Crippen LogP contribution in [-0.2, 0) is 25.8 Å². The highest BCUT2D eigenvalue weighted by Crippen LogP contribution is 2.29. The lowest BCUT2D eigenvalue weighted by Crippen LogP contribution is -2.36. The molecule has 160 valence electrons. The quantitative estimate of drug-likeness (QED) is 0.455. The van der Waals surface area contributed by atoms with Gasteiger partial charge in [-0.1, -0.05) is 30.3 Å². The first-order chi connectivity index (χ1) is 14.3. The normalized spacial score (nSPS) is 12.3. The number of benzene rings is 1. The van der Waals surface area contributed by atoms with Crippen molar-refractivity contribution < 1.29 is 13.2 Å². The highest BCUT2D eigenvalue weighted by atomic mass is 32.1. The minimum absolute atomic E-state index is 0.158. The Balaban J connectivity index is 1.59. The standard InChI is InChI=1S/C20H23F3N6S/c1-13-16(14(2)29(28-13)11-15-7-5-4-6-8-15)9-25-19(24-3)26-10-18-27-17(12-30-18)20(21,22)23/h4-8,12H,9-11H2,1-3H3,(H2,24,25,26). The van der Waals surface area contributed by atoms with Crippen LogP contribution in [0.5, 0.6) is 0 Å². The number of thiazole rings is 1. The fourth-order valence-corrected chi connectivity index (χ4v) is 3.72. The highest BCUT2D eigenvalue weighted by molar-refractivity contribution is 7.09. The summed E-state index contributed by atoms with van der Waals surface area (Å²) in [4.78, 5) is 7.74. The van der Waals surface area contributed by atoms with Gasteiger partial charge in [-0.05, 0) is 19.4 Å². The van der Waals surface area contributed by atoms with E-state index in [1.807, 2.05) is 36.7 Å². The fraction of sp³-hybridized carbons (Fsp3) is 0.350. The zero-order chi connectivity index (χ0) is 21.7. The zero-order valence-corrected chi connectivity index (χ0v) is 17.7. The lowest BCUT2D eigenvalue weighted by atomic mass is 10.2. The van der Waals surface area contributed by atoms with Gasteiger partial charge in [0.2, 0.25) is 0 Å². The lowest BCUT2D eigenvalue weighted by molar-refractivity contribution is -0.140. The summed E-state index contributed by atoms with van der Waals surface area (Å²) in [7, 11) is 1.61. The van der Waals surface area contributed by atoms with E-state index in [1.54, 1.807) is 7.05 Å². The van der Waals surface area contributed by atoms with Crippen LogP contribution >= 0.6 is 11.3 Å². The molecule has 0 aliphatic carbocycles. The largest absolute Gasteiger partial charge is 0.434 e. The summed E-state index contributed by atoms with van der Waals surface area (Å²) < 4.78 is 40.0. The number of nitrogens with zero attached hydrogens (tertiary/aromatic N) is 4. The first-order valence-electron chi connectivity index (χ1n) is 9.31. The Morgan fingerprint density at radius 2 is 1.83 bits per heavy atom. The SMILES string of the molecule is CN=C(NCc1nc(C(F)(F)F)cs1)NCc1c(C)nn(Cc2ccccc2)c1C. The van der Waals surface area contributed by atoms with Gasteiger partial charge in [0.15, 0.2) is 11.7 Å². The Morgan fingerprint density at radius 1 is 1.13 bits per heavy atom. The summed E-state index contributed by atoms with van der Waals surface area (Å²) in [5, 5.41) is 12.2. The number of aryl methyl sites for hydroxylation is 1. The van der Waals surface area contributed by atoms with Crippen LogP contribution in [0.25, 0.3) is 0 Å². The van der Waals surface area contributed by atoms with Gasteiger partial charge >= 0.3 is 6.18 Å². The van der Waals surface area contributed by atoms with E-state index >= 15 is 0 Å². The molecule has 0 amide bonds. The van der Waals surface area contributed by atoms with Gasteiger partial charge in [0.1, 0.15) is 5.01 Å². The topological polar surface area (TPSA) is 67.1 Å². The second-order valence-electron chi connectivity index (χ2n) is 6.70. The number of aliphatic imine (C=N–C) groups is 1. The minimum atomic E-state index is -4.43. The average molecular weight is 437 g/mol. The molecule has 0 saturated heterocycles.